The third-order valence-electron chi connectivity index (χ3n) is 6.71. The van der Waals surface area contributed by atoms with E-state index in [1.54, 1.807) is 24.3 Å². The number of Topliss-reactive ketones (excluding diaryl/α,β-unsaturated/α-hetero) is 1. The second kappa shape index (κ2) is 11.6. The maximum atomic E-state index is 13.7. The number of benzene rings is 2. The van der Waals surface area contributed by atoms with Gasteiger partial charge in [0.25, 0.3) is 0 Å². The fourth-order valence-corrected chi connectivity index (χ4v) is 4.81. The van der Waals surface area contributed by atoms with Gasteiger partial charge in [-0.25, -0.2) is 0 Å². The molecule has 4 rings (SSSR count). The molecule has 2 atom stereocenters. The fraction of sp³-hybridized carbons (Fsp3) is 0.414. The van der Waals surface area contributed by atoms with Crippen molar-refractivity contribution in [3.63, 3.8) is 0 Å². The zero-order valence-corrected chi connectivity index (χ0v) is 21.5. The van der Waals surface area contributed by atoms with Crippen LogP contribution < -0.4 is 14.2 Å². The highest BCUT2D eigenvalue weighted by atomic mass is 16.5. The molecular weight excluding hydrogens is 474 g/mol. The lowest BCUT2D eigenvalue weighted by atomic mass is 9.82. The summed E-state index contributed by atoms with van der Waals surface area (Å²) in [5.74, 6) is 0.430. The van der Waals surface area contributed by atoms with Crippen molar-refractivity contribution in [3.8, 4) is 28.7 Å². The van der Waals surface area contributed by atoms with Crippen LogP contribution in [0, 0.1) is 5.92 Å². The molecule has 1 aliphatic heterocycles. The Labute approximate surface area is 216 Å². The number of carbonyl (C=O) groups is 1. The number of rotatable bonds is 11. The van der Waals surface area contributed by atoms with Crippen LogP contribution in [0.15, 0.2) is 42.7 Å². The smallest absolute Gasteiger partial charge is 0.204 e. The summed E-state index contributed by atoms with van der Waals surface area (Å²) < 4.78 is 18.0. The van der Waals surface area contributed by atoms with E-state index in [1.165, 1.54) is 7.11 Å². The highest BCUT2D eigenvalue weighted by Crippen LogP contribution is 2.56. The van der Waals surface area contributed by atoms with Gasteiger partial charge in [0.15, 0.2) is 17.3 Å². The van der Waals surface area contributed by atoms with Crippen LogP contribution in [0.4, 0.5) is 0 Å². The number of aromatic hydroxyl groups is 2. The van der Waals surface area contributed by atoms with Gasteiger partial charge in [-0.1, -0.05) is 32.4 Å². The standard InChI is InChI=1S/C29H35NO7/c1-17(2)5-10-21(19-11-12-30-16-19)24-26(34)29(35-3)28(36-14-4-13-31)25-22(33)15-23(37-27(24)25)18-6-8-20(32)9-7-18/h6-9,11-12,16-17,21,23,30-32,34H,4-5,10,13-15H2,1-3H3/t21-,23?/m1/s1. The maximum Gasteiger partial charge on any atom is 0.204 e. The molecule has 0 bridgehead atoms. The van der Waals surface area contributed by atoms with Crippen LogP contribution in [0.2, 0.25) is 0 Å². The van der Waals surface area contributed by atoms with E-state index in [-0.39, 0.29) is 65.6 Å². The van der Waals surface area contributed by atoms with E-state index in [0.717, 1.165) is 17.5 Å². The number of hydrogen-bond acceptors (Lipinski definition) is 7. The second-order valence-corrected chi connectivity index (χ2v) is 9.75. The van der Waals surface area contributed by atoms with Crippen LogP contribution in [-0.2, 0) is 0 Å². The molecule has 1 unspecified atom stereocenters. The SMILES string of the molecule is COc1c(O)c([C@H](CCC(C)C)c2cc[nH]c2)c2c(c1OCCCO)C(=O)CC(c1ccc(O)cc1)O2. The predicted molar refractivity (Wildman–Crippen MR) is 139 cm³/mol. The van der Waals surface area contributed by atoms with Gasteiger partial charge in [0.05, 0.1) is 20.1 Å². The molecule has 1 aliphatic rings. The number of ether oxygens (including phenoxy) is 3. The molecule has 4 N–H and O–H groups in total. The molecule has 0 saturated carbocycles. The maximum absolute atomic E-state index is 13.7. The monoisotopic (exact) mass is 509 g/mol. The van der Waals surface area contributed by atoms with Crippen molar-refractivity contribution >= 4 is 5.78 Å². The molecule has 3 aromatic rings. The first kappa shape index (κ1) is 26.4. The van der Waals surface area contributed by atoms with E-state index in [0.29, 0.717) is 24.3 Å². The highest BCUT2D eigenvalue weighted by molar-refractivity contribution is 6.04. The van der Waals surface area contributed by atoms with Crippen LogP contribution >= 0.6 is 0 Å². The number of aromatic amines is 1. The Morgan fingerprint density at radius 1 is 1.11 bits per heavy atom. The number of methoxy groups -OCH3 is 1. The minimum atomic E-state index is -0.602. The zero-order valence-electron chi connectivity index (χ0n) is 21.5. The van der Waals surface area contributed by atoms with Gasteiger partial charge in [-0.05, 0) is 41.7 Å². The van der Waals surface area contributed by atoms with Gasteiger partial charge in [-0.2, -0.15) is 0 Å². The first-order valence-corrected chi connectivity index (χ1v) is 12.7. The summed E-state index contributed by atoms with van der Waals surface area (Å²) in [5.41, 5.74) is 2.42. The molecule has 0 fully saturated rings. The number of phenolic OH excluding ortho intramolecular Hbond substituents is 2. The topological polar surface area (TPSA) is 121 Å². The molecule has 198 valence electrons. The van der Waals surface area contributed by atoms with Gasteiger partial charge in [-0.15, -0.1) is 0 Å². The number of fused-ring (bicyclic) bond motifs is 1. The van der Waals surface area contributed by atoms with Crippen molar-refractivity contribution in [1.29, 1.82) is 0 Å². The summed E-state index contributed by atoms with van der Waals surface area (Å²) in [6.45, 7) is 4.35. The van der Waals surface area contributed by atoms with Crippen LogP contribution in [-0.4, -0.2) is 46.4 Å². The summed E-state index contributed by atoms with van der Waals surface area (Å²) in [7, 11) is 1.43. The molecule has 0 amide bonds. The number of carbonyl (C=O) groups excluding carboxylic acids is 1. The predicted octanol–water partition coefficient (Wildman–Crippen LogP) is 5.47. The van der Waals surface area contributed by atoms with Gasteiger partial charge in [-0.3, -0.25) is 4.79 Å². The van der Waals surface area contributed by atoms with E-state index in [9.17, 15) is 20.1 Å². The van der Waals surface area contributed by atoms with Crippen LogP contribution in [0.3, 0.4) is 0 Å². The van der Waals surface area contributed by atoms with E-state index in [1.807, 2.05) is 18.5 Å². The Hall–Kier alpha value is -3.65. The lowest BCUT2D eigenvalue weighted by Gasteiger charge is -2.32. The quantitative estimate of drug-likeness (QED) is 0.253. The number of H-pyrrole nitrogens is 1. The fourth-order valence-electron chi connectivity index (χ4n) is 4.81. The largest absolute Gasteiger partial charge is 0.508 e. The number of aliphatic hydroxyl groups is 1. The summed E-state index contributed by atoms with van der Waals surface area (Å²) in [4.78, 5) is 16.8. The number of aromatic nitrogens is 1. The third kappa shape index (κ3) is 5.54. The number of aliphatic hydroxyl groups excluding tert-OH is 1. The lowest BCUT2D eigenvalue weighted by molar-refractivity contribution is 0.0836. The average Bonchev–Trinajstić information content (AvgIpc) is 3.40. The Morgan fingerprint density at radius 2 is 1.86 bits per heavy atom. The second-order valence-electron chi connectivity index (χ2n) is 9.75. The Balaban J connectivity index is 1.92. The van der Waals surface area contributed by atoms with Crippen LogP contribution in [0.25, 0.3) is 0 Å². The lowest BCUT2D eigenvalue weighted by Crippen LogP contribution is -2.24. The first-order valence-electron chi connectivity index (χ1n) is 12.7. The van der Waals surface area contributed by atoms with Gasteiger partial charge < -0.3 is 34.5 Å². The molecule has 8 heteroatoms. The molecule has 0 radical (unpaired) electrons. The van der Waals surface area contributed by atoms with Crippen molar-refractivity contribution in [2.75, 3.05) is 20.3 Å². The molecule has 37 heavy (non-hydrogen) atoms. The number of hydrogen-bond donors (Lipinski definition) is 4. The van der Waals surface area contributed by atoms with E-state index in [2.05, 4.69) is 18.8 Å². The van der Waals surface area contributed by atoms with Crippen molar-refractivity contribution in [3.05, 3.63) is 65.0 Å². The van der Waals surface area contributed by atoms with Crippen LogP contribution in [0.5, 0.6) is 28.7 Å². The van der Waals surface area contributed by atoms with E-state index >= 15 is 0 Å². The number of phenols is 2. The summed E-state index contributed by atoms with van der Waals surface area (Å²) in [5, 5.41) is 30.6. The van der Waals surface area contributed by atoms with E-state index in [4.69, 9.17) is 14.2 Å². The first-order chi connectivity index (χ1) is 17.8. The van der Waals surface area contributed by atoms with Gasteiger partial charge in [0.1, 0.15) is 23.2 Å². The van der Waals surface area contributed by atoms with Gasteiger partial charge >= 0.3 is 0 Å². The van der Waals surface area contributed by atoms with Crippen LogP contribution in [0.1, 0.15) is 78.6 Å². The number of nitrogens with one attached hydrogen (secondary N) is 1. The minimum Gasteiger partial charge on any atom is -0.508 e. The third-order valence-corrected chi connectivity index (χ3v) is 6.71. The zero-order chi connectivity index (χ0) is 26.5. The molecular formula is C29H35NO7. The molecule has 2 heterocycles. The van der Waals surface area contributed by atoms with Crippen molar-refractivity contribution in [1.82, 2.24) is 4.98 Å². The number of ketones is 1. The van der Waals surface area contributed by atoms with Crippen molar-refractivity contribution in [2.24, 2.45) is 5.92 Å². The normalized spacial score (nSPS) is 15.8. The Morgan fingerprint density at radius 3 is 2.49 bits per heavy atom. The molecule has 8 nitrogen and oxygen atoms in total. The Bertz CT molecular complexity index is 1200. The Kier molecular flexibility index (Phi) is 8.28. The summed E-state index contributed by atoms with van der Waals surface area (Å²) >= 11 is 0. The summed E-state index contributed by atoms with van der Waals surface area (Å²) in [6, 6.07) is 8.52. The van der Waals surface area contributed by atoms with E-state index < -0.39 is 6.10 Å². The molecule has 0 saturated heterocycles. The van der Waals surface area contributed by atoms with Gasteiger partial charge in [0, 0.05) is 36.9 Å². The van der Waals surface area contributed by atoms with Gasteiger partial charge in [0.2, 0.25) is 5.75 Å². The molecule has 1 aromatic heterocycles. The highest BCUT2D eigenvalue weighted by Gasteiger charge is 2.39. The molecule has 2 aromatic carbocycles. The molecule has 0 aliphatic carbocycles. The minimum absolute atomic E-state index is 0.0579. The average molecular weight is 510 g/mol. The van der Waals surface area contributed by atoms with Crippen molar-refractivity contribution in [2.45, 2.75) is 51.6 Å². The van der Waals surface area contributed by atoms with Crippen molar-refractivity contribution < 1.29 is 34.3 Å². The summed E-state index contributed by atoms with van der Waals surface area (Å²) in [6.07, 6.45) is 5.12. The molecule has 0 spiro atoms.